The number of hydrogen-bond acceptors (Lipinski definition) is 3. The molecule has 0 spiro atoms. The van der Waals surface area contributed by atoms with Gasteiger partial charge in [-0.1, -0.05) is 32.6 Å². The zero-order chi connectivity index (χ0) is 17.3. The summed E-state index contributed by atoms with van der Waals surface area (Å²) in [7, 11) is 1.69. The Hall–Kier alpha value is -2.37. The third-order valence-electron chi connectivity index (χ3n) is 4.24. The van der Waals surface area contributed by atoms with Crippen molar-refractivity contribution in [2.45, 2.75) is 39.7 Å². The molecule has 6 nitrogen and oxygen atoms in total. The fraction of sp³-hybridized carbons (Fsp3) is 0.471. The minimum atomic E-state index is -0.662. The van der Waals surface area contributed by atoms with E-state index < -0.39 is 11.9 Å². The lowest BCUT2D eigenvalue weighted by molar-refractivity contribution is -0.135. The van der Waals surface area contributed by atoms with Gasteiger partial charge in [0.05, 0.1) is 10.7 Å². The Balaban J connectivity index is 2.84. The third kappa shape index (κ3) is 2.81. The maximum absolute atomic E-state index is 12.7. The van der Waals surface area contributed by atoms with Crippen LogP contribution >= 0.6 is 0 Å². The molecule has 2 rings (SSSR count). The second kappa shape index (κ2) is 6.40. The summed E-state index contributed by atoms with van der Waals surface area (Å²) in [5.74, 6) is -0.527. The van der Waals surface area contributed by atoms with E-state index in [1.54, 1.807) is 17.7 Å². The first-order valence-electron chi connectivity index (χ1n) is 7.77. The number of piperidine rings is 1. The molecule has 1 N–H and O–H groups in total. The number of imide groups is 1. The second-order valence-corrected chi connectivity index (χ2v) is 6.02. The third-order valence-corrected chi connectivity index (χ3v) is 4.24. The zero-order valence-electron chi connectivity index (χ0n) is 14.0. The van der Waals surface area contributed by atoms with Gasteiger partial charge in [0.2, 0.25) is 11.8 Å². The normalized spacial score (nSPS) is 20.7. The highest BCUT2D eigenvalue weighted by molar-refractivity contribution is 5.99. The van der Waals surface area contributed by atoms with Crippen LogP contribution in [-0.4, -0.2) is 20.9 Å². The Morgan fingerprint density at radius 3 is 2.48 bits per heavy atom. The molecule has 0 bridgehead atoms. The molecule has 23 heavy (non-hydrogen) atoms. The van der Waals surface area contributed by atoms with Gasteiger partial charge in [0.15, 0.2) is 0 Å². The molecule has 2 heterocycles. The monoisotopic (exact) mass is 317 g/mol. The predicted octanol–water partition coefficient (Wildman–Crippen LogP) is -0.0424. The van der Waals surface area contributed by atoms with Crippen LogP contribution in [0, 0.1) is 5.92 Å². The summed E-state index contributed by atoms with van der Waals surface area (Å²) in [5.41, 5.74) is 0.686. The fourth-order valence-corrected chi connectivity index (χ4v) is 3.10. The molecule has 6 heteroatoms. The molecule has 1 unspecified atom stereocenters. The number of imidazole rings is 1. The first-order chi connectivity index (χ1) is 10.8. The molecule has 1 aromatic rings. The van der Waals surface area contributed by atoms with Crippen LogP contribution in [0.1, 0.15) is 39.7 Å². The van der Waals surface area contributed by atoms with E-state index in [4.69, 9.17) is 0 Å². The number of nitrogens with one attached hydrogen (secondary N) is 1. The molecule has 0 radical (unpaired) electrons. The fourth-order valence-electron chi connectivity index (χ4n) is 3.10. The first-order valence-corrected chi connectivity index (χ1v) is 7.77. The highest BCUT2D eigenvalue weighted by atomic mass is 16.2. The van der Waals surface area contributed by atoms with Gasteiger partial charge in [0.25, 0.3) is 0 Å². The van der Waals surface area contributed by atoms with Crippen LogP contribution < -0.4 is 21.7 Å². The van der Waals surface area contributed by atoms with Crippen molar-refractivity contribution >= 4 is 23.5 Å². The second-order valence-electron chi connectivity index (χ2n) is 6.02. The number of carbonyl (C=O) groups excluding carboxylic acids is 2. The predicted molar refractivity (Wildman–Crippen MR) is 88.9 cm³/mol. The van der Waals surface area contributed by atoms with Crippen molar-refractivity contribution in [3.8, 4) is 0 Å². The molecular weight excluding hydrogens is 294 g/mol. The van der Waals surface area contributed by atoms with Crippen LogP contribution in [0.4, 0.5) is 0 Å². The van der Waals surface area contributed by atoms with Gasteiger partial charge < -0.3 is 0 Å². The molecule has 1 aliphatic rings. The number of rotatable bonds is 3. The van der Waals surface area contributed by atoms with E-state index in [1.807, 2.05) is 26.8 Å². The van der Waals surface area contributed by atoms with Gasteiger partial charge >= 0.3 is 5.69 Å². The SMILES string of the molecule is C=C/C(=c1\c(=C/C)n(C2CCC(=O)NC2=O)c(=O)n1C)C(C)C. The van der Waals surface area contributed by atoms with E-state index in [1.165, 1.54) is 4.57 Å². The first kappa shape index (κ1) is 17.0. The average molecular weight is 317 g/mol. The minimum absolute atomic E-state index is 0.189. The Morgan fingerprint density at radius 2 is 2.00 bits per heavy atom. The highest BCUT2D eigenvalue weighted by Crippen LogP contribution is 2.15. The van der Waals surface area contributed by atoms with Crippen LogP contribution in [-0.2, 0) is 16.6 Å². The summed E-state index contributed by atoms with van der Waals surface area (Å²) in [4.78, 5) is 36.3. The molecule has 1 atom stereocenters. The number of allylic oxidation sites excluding steroid dienone is 1. The summed E-state index contributed by atoms with van der Waals surface area (Å²) in [5, 5.41) is 3.77. The van der Waals surface area contributed by atoms with E-state index in [2.05, 4.69) is 11.9 Å². The maximum Gasteiger partial charge on any atom is 0.329 e. The Morgan fingerprint density at radius 1 is 1.35 bits per heavy atom. The van der Waals surface area contributed by atoms with E-state index in [0.717, 1.165) is 10.9 Å². The summed E-state index contributed by atoms with van der Waals surface area (Å²) in [6, 6.07) is -0.662. The molecule has 124 valence electrons. The van der Waals surface area contributed by atoms with Crippen molar-refractivity contribution in [3.63, 3.8) is 0 Å². The molecule has 1 aromatic heterocycles. The van der Waals surface area contributed by atoms with Gasteiger partial charge in [-0.15, -0.1) is 0 Å². The number of aromatic nitrogens is 2. The summed E-state index contributed by atoms with van der Waals surface area (Å²) in [6.45, 7) is 9.75. The van der Waals surface area contributed by atoms with E-state index in [-0.39, 0.29) is 23.9 Å². The zero-order valence-corrected chi connectivity index (χ0v) is 14.0. The quantitative estimate of drug-likeness (QED) is 0.795. The van der Waals surface area contributed by atoms with Crippen LogP contribution in [0.15, 0.2) is 17.4 Å². The summed E-state index contributed by atoms with van der Waals surface area (Å²) >= 11 is 0. The topological polar surface area (TPSA) is 73.1 Å². The van der Waals surface area contributed by atoms with Gasteiger partial charge in [-0.05, 0) is 24.8 Å². The maximum atomic E-state index is 12.7. The van der Waals surface area contributed by atoms with Crippen LogP contribution in [0.2, 0.25) is 0 Å². The van der Waals surface area contributed by atoms with E-state index in [9.17, 15) is 14.4 Å². The van der Waals surface area contributed by atoms with Gasteiger partial charge in [-0.25, -0.2) is 4.79 Å². The van der Waals surface area contributed by atoms with Gasteiger partial charge in [0, 0.05) is 13.5 Å². The lowest BCUT2D eigenvalue weighted by Crippen LogP contribution is -2.47. The molecule has 1 fully saturated rings. The van der Waals surface area contributed by atoms with Crippen molar-refractivity contribution in [1.82, 2.24) is 14.5 Å². The molecule has 1 saturated heterocycles. The smallest absolute Gasteiger partial charge is 0.295 e. The Kier molecular flexibility index (Phi) is 4.73. The largest absolute Gasteiger partial charge is 0.329 e. The molecule has 2 amide bonds. The van der Waals surface area contributed by atoms with Crippen LogP contribution in [0.25, 0.3) is 11.6 Å². The molecule has 0 aliphatic carbocycles. The molecular formula is C17H23N3O3. The van der Waals surface area contributed by atoms with Gasteiger partial charge in [-0.2, -0.15) is 0 Å². The van der Waals surface area contributed by atoms with Crippen molar-refractivity contribution < 1.29 is 9.59 Å². The van der Waals surface area contributed by atoms with Crippen molar-refractivity contribution in [2.75, 3.05) is 0 Å². The van der Waals surface area contributed by atoms with Crippen LogP contribution in [0.5, 0.6) is 0 Å². The Labute approximate surface area is 134 Å². The molecule has 1 aliphatic heterocycles. The number of amides is 2. The number of nitrogens with zero attached hydrogens (tertiary/aromatic N) is 2. The highest BCUT2D eigenvalue weighted by Gasteiger charge is 2.30. The minimum Gasteiger partial charge on any atom is -0.295 e. The molecule has 0 aromatic carbocycles. The van der Waals surface area contributed by atoms with Crippen molar-refractivity contribution in [1.29, 1.82) is 0 Å². The summed E-state index contributed by atoms with van der Waals surface area (Å²) < 4.78 is 3.04. The number of carbonyl (C=O) groups is 2. The number of hydrogen-bond donors (Lipinski definition) is 1. The lowest BCUT2D eigenvalue weighted by atomic mass is 10.0. The molecule has 0 saturated carbocycles. The van der Waals surface area contributed by atoms with Gasteiger partial charge in [-0.3, -0.25) is 24.0 Å². The lowest BCUT2D eigenvalue weighted by Gasteiger charge is -2.21. The summed E-state index contributed by atoms with van der Waals surface area (Å²) in [6.07, 6.45) is 4.14. The van der Waals surface area contributed by atoms with Crippen LogP contribution in [0.3, 0.4) is 0 Å². The average Bonchev–Trinajstić information content (AvgIpc) is 2.73. The Bertz CT molecular complexity index is 840. The van der Waals surface area contributed by atoms with E-state index in [0.29, 0.717) is 11.8 Å². The van der Waals surface area contributed by atoms with E-state index >= 15 is 0 Å². The standard InChI is InChI=1S/C17H23N3O3/c1-6-11(10(3)4)15-12(7-2)20(17(23)19(15)5)13-8-9-14(21)18-16(13)22/h6-7,10,13H,1,8-9H2,2-5H3,(H,18,21,22)/b12-7+,15-11-. The van der Waals surface area contributed by atoms with Gasteiger partial charge in [0.1, 0.15) is 6.04 Å². The van der Waals surface area contributed by atoms with Crippen molar-refractivity contribution in [3.05, 3.63) is 33.8 Å². The van der Waals surface area contributed by atoms with Crippen molar-refractivity contribution in [2.24, 2.45) is 13.0 Å².